The van der Waals surface area contributed by atoms with Crippen LogP contribution in [0.3, 0.4) is 0 Å². The lowest BCUT2D eigenvalue weighted by Crippen LogP contribution is -2.15. The van der Waals surface area contributed by atoms with Gasteiger partial charge < -0.3 is 5.73 Å². The van der Waals surface area contributed by atoms with Crippen molar-refractivity contribution in [3.63, 3.8) is 0 Å². The van der Waals surface area contributed by atoms with Crippen molar-refractivity contribution in [2.45, 2.75) is 38.0 Å². The fourth-order valence-electron chi connectivity index (χ4n) is 1.88. The van der Waals surface area contributed by atoms with Crippen LogP contribution in [0.25, 0.3) is 0 Å². The molecule has 0 radical (unpaired) electrons. The number of rotatable bonds is 5. The van der Waals surface area contributed by atoms with Gasteiger partial charge >= 0.3 is 0 Å². The third-order valence-corrected chi connectivity index (χ3v) is 5.42. The largest absolute Gasteiger partial charge is 0.399 e. The van der Waals surface area contributed by atoms with E-state index in [-0.39, 0.29) is 10.8 Å². The molecule has 1 aromatic heterocycles. The van der Waals surface area contributed by atoms with Gasteiger partial charge in [0.1, 0.15) is 0 Å². The lowest BCUT2D eigenvalue weighted by atomic mass is 10.1. The molecule has 0 saturated heterocycles. The van der Waals surface area contributed by atoms with E-state index in [9.17, 15) is 8.42 Å². The molecule has 0 aliphatic rings. The molecule has 1 heterocycles. The third kappa shape index (κ3) is 3.54. The SMILES string of the molecule is CCc1ccc(N)cc1S(=O)(=O)Nc1nc(C(C)C)cs1. The van der Waals surface area contributed by atoms with Crippen LogP contribution in [0.5, 0.6) is 0 Å². The minimum Gasteiger partial charge on any atom is -0.399 e. The fourth-order valence-corrected chi connectivity index (χ4v) is 4.35. The lowest BCUT2D eigenvalue weighted by molar-refractivity contribution is 0.600. The Morgan fingerprint density at radius 3 is 2.67 bits per heavy atom. The maximum Gasteiger partial charge on any atom is 0.264 e. The molecule has 1 aromatic carbocycles. The zero-order valence-electron chi connectivity index (χ0n) is 12.3. The highest BCUT2D eigenvalue weighted by molar-refractivity contribution is 7.93. The average Bonchev–Trinajstić information content (AvgIpc) is 2.86. The van der Waals surface area contributed by atoms with Gasteiger partial charge in [0.2, 0.25) is 0 Å². The highest BCUT2D eigenvalue weighted by Gasteiger charge is 2.20. The van der Waals surface area contributed by atoms with Gasteiger partial charge in [0.15, 0.2) is 5.13 Å². The fraction of sp³-hybridized carbons (Fsp3) is 0.357. The summed E-state index contributed by atoms with van der Waals surface area (Å²) in [5.74, 6) is 0.262. The number of nitrogens with zero attached hydrogens (tertiary/aromatic N) is 1. The van der Waals surface area contributed by atoms with Gasteiger partial charge in [0.05, 0.1) is 10.6 Å². The number of anilines is 2. The van der Waals surface area contributed by atoms with Crippen LogP contribution in [-0.2, 0) is 16.4 Å². The van der Waals surface area contributed by atoms with Crippen molar-refractivity contribution in [3.8, 4) is 0 Å². The standard InChI is InChI=1S/C14H19N3O2S2/c1-4-10-5-6-11(15)7-13(10)21(18,19)17-14-16-12(8-20-14)9(2)3/h5-9H,4,15H2,1-3H3,(H,16,17). The zero-order valence-corrected chi connectivity index (χ0v) is 13.9. The summed E-state index contributed by atoms with van der Waals surface area (Å²) in [5, 5.41) is 2.24. The number of thiazole rings is 1. The normalized spacial score (nSPS) is 11.8. The highest BCUT2D eigenvalue weighted by atomic mass is 32.2. The number of hydrogen-bond acceptors (Lipinski definition) is 5. The van der Waals surface area contributed by atoms with Crippen LogP contribution in [-0.4, -0.2) is 13.4 Å². The van der Waals surface area contributed by atoms with Crippen molar-refractivity contribution in [1.29, 1.82) is 0 Å². The van der Waals surface area contributed by atoms with Gasteiger partial charge in [-0.15, -0.1) is 11.3 Å². The Labute approximate surface area is 129 Å². The molecule has 0 spiro atoms. The number of sulfonamides is 1. The van der Waals surface area contributed by atoms with Gasteiger partial charge in [-0.2, -0.15) is 0 Å². The van der Waals surface area contributed by atoms with Gasteiger partial charge in [0, 0.05) is 11.1 Å². The number of nitrogens with two attached hydrogens (primary N) is 1. The summed E-state index contributed by atoms with van der Waals surface area (Å²) < 4.78 is 27.6. The van der Waals surface area contributed by atoms with Crippen LogP contribution < -0.4 is 10.5 Å². The Hall–Kier alpha value is -1.60. The number of aromatic nitrogens is 1. The van der Waals surface area contributed by atoms with Crippen LogP contribution in [0.1, 0.15) is 37.9 Å². The summed E-state index contributed by atoms with van der Waals surface area (Å²) in [7, 11) is -3.67. The minimum absolute atomic E-state index is 0.214. The molecule has 0 fully saturated rings. The van der Waals surface area contributed by atoms with E-state index in [0.29, 0.717) is 17.2 Å². The number of nitrogens with one attached hydrogen (secondary N) is 1. The molecule has 0 bridgehead atoms. The predicted molar refractivity (Wildman–Crippen MR) is 87.2 cm³/mol. The molecular formula is C14H19N3O2S2. The molecule has 0 aliphatic carbocycles. The summed E-state index contributed by atoms with van der Waals surface area (Å²) in [6, 6.07) is 4.93. The van der Waals surface area contributed by atoms with E-state index in [4.69, 9.17) is 5.73 Å². The van der Waals surface area contributed by atoms with Crippen molar-refractivity contribution < 1.29 is 8.42 Å². The Morgan fingerprint density at radius 2 is 2.10 bits per heavy atom. The highest BCUT2D eigenvalue weighted by Crippen LogP contribution is 2.26. The number of nitrogen functional groups attached to an aromatic ring is 1. The second kappa shape index (κ2) is 6.03. The molecule has 114 valence electrons. The van der Waals surface area contributed by atoms with Gasteiger partial charge in [-0.05, 0) is 30.0 Å². The topological polar surface area (TPSA) is 85.1 Å². The van der Waals surface area contributed by atoms with Crippen LogP contribution in [0.15, 0.2) is 28.5 Å². The first-order valence-corrected chi connectivity index (χ1v) is 9.06. The molecule has 0 amide bonds. The quantitative estimate of drug-likeness (QED) is 0.827. The summed E-state index contributed by atoms with van der Waals surface area (Å²) in [6.07, 6.45) is 0.617. The number of benzene rings is 1. The van der Waals surface area contributed by atoms with Gasteiger partial charge in [0.25, 0.3) is 10.0 Å². The van der Waals surface area contributed by atoms with E-state index in [2.05, 4.69) is 9.71 Å². The minimum atomic E-state index is -3.67. The van der Waals surface area contributed by atoms with Crippen LogP contribution in [0.2, 0.25) is 0 Å². The Bertz CT molecular complexity index is 736. The van der Waals surface area contributed by atoms with E-state index < -0.39 is 10.0 Å². The van der Waals surface area contributed by atoms with Crippen LogP contribution in [0, 0.1) is 0 Å². The summed E-state index contributed by atoms with van der Waals surface area (Å²) in [6.45, 7) is 5.94. The first-order valence-electron chi connectivity index (χ1n) is 6.70. The molecule has 7 heteroatoms. The maximum absolute atomic E-state index is 12.5. The zero-order chi connectivity index (χ0) is 15.6. The molecule has 0 atom stereocenters. The van der Waals surface area contributed by atoms with E-state index in [1.165, 1.54) is 17.4 Å². The van der Waals surface area contributed by atoms with Gasteiger partial charge in [-0.3, -0.25) is 4.72 Å². The predicted octanol–water partition coefficient (Wildman–Crippen LogP) is 3.21. The van der Waals surface area contributed by atoms with Gasteiger partial charge in [-0.1, -0.05) is 26.8 Å². The summed E-state index contributed by atoms with van der Waals surface area (Å²) in [4.78, 5) is 4.51. The van der Waals surface area contributed by atoms with Crippen molar-refractivity contribution >= 4 is 32.2 Å². The van der Waals surface area contributed by atoms with Crippen molar-refractivity contribution in [2.75, 3.05) is 10.5 Å². The average molecular weight is 325 g/mol. The molecule has 0 unspecified atom stereocenters. The monoisotopic (exact) mass is 325 g/mol. The molecule has 2 rings (SSSR count). The molecule has 0 saturated carbocycles. The molecule has 5 nitrogen and oxygen atoms in total. The smallest absolute Gasteiger partial charge is 0.264 e. The molecule has 0 aliphatic heterocycles. The Morgan fingerprint density at radius 1 is 1.38 bits per heavy atom. The van der Waals surface area contributed by atoms with Gasteiger partial charge in [-0.25, -0.2) is 13.4 Å². The second-order valence-corrected chi connectivity index (χ2v) is 7.57. The third-order valence-electron chi connectivity index (χ3n) is 3.10. The Kier molecular flexibility index (Phi) is 4.53. The summed E-state index contributed by atoms with van der Waals surface area (Å²) in [5.41, 5.74) is 7.75. The van der Waals surface area contributed by atoms with E-state index in [1.54, 1.807) is 12.1 Å². The maximum atomic E-state index is 12.5. The summed E-state index contributed by atoms with van der Waals surface area (Å²) >= 11 is 1.28. The molecular weight excluding hydrogens is 306 g/mol. The Balaban J connectivity index is 2.35. The molecule has 21 heavy (non-hydrogen) atoms. The van der Waals surface area contributed by atoms with Crippen LogP contribution >= 0.6 is 11.3 Å². The van der Waals surface area contributed by atoms with Crippen LogP contribution in [0.4, 0.5) is 10.8 Å². The van der Waals surface area contributed by atoms with E-state index >= 15 is 0 Å². The van der Waals surface area contributed by atoms with E-state index in [0.717, 1.165) is 11.3 Å². The second-order valence-electron chi connectivity index (χ2n) is 5.06. The number of hydrogen-bond donors (Lipinski definition) is 2. The van der Waals surface area contributed by atoms with Crippen molar-refractivity contribution in [1.82, 2.24) is 4.98 Å². The van der Waals surface area contributed by atoms with Crippen molar-refractivity contribution in [2.24, 2.45) is 0 Å². The molecule has 3 N–H and O–H groups in total. The molecule has 2 aromatic rings. The first-order chi connectivity index (χ1) is 9.83. The first kappa shape index (κ1) is 15.8. The number of aryl methyl sites for hydroxylation is 1. The van der Waals surface area contributed by atoms with Crippen molar-refractivity contribution in [3.05, 3.63) is 34.8 Å². The van der Waals surface area contributed by atoms with E-state index in [1.807, 2.05) is 26.2 Å². The lowest BCUT2D eigenvalue weighted by Gasteiger charge is -2.10.